The predicted octanol–water partition coefficient (Wildman–Crippen LogP) is 0.524. The van der Waals surface area contributed by atoms with E-state index in [1.807, 2.05) is 13.2 Å². The number of nitrogens with two attached hydrogens (primary N) is 1. The lowest BCUT2D eigenvalue weighted by atomic mass is 10.7. The van der Waals surface area contributed by atoms with Gasteiger partial charge < -0.3 is 5.73 Å². The van der Waals surface area contributed by atoms with Gasteiger partial charge in [-0.2, -0.15) is 20.1 Å². The van der Waals surface area contributed by atoms with E-state index in [0.717, 1.165) is 4.90 Å². The molecule has 0 saturated heterocycles. The summed E-state index contributed by atoms with van der Waals surface area (Å²) in [7, 11) is 1.85. The summed E-state index contributed by atoms with van der Waals surface area (Å²) in [5.41, 5.74) is 5.69. The van der Waals surface area contributed by atoms with Gasteiger partial charge in [0.1, 0.15) is 6.33 Å². The van der Waals surface area contributed by atoms with Crippen molar-refractivity contribution in [1.29, 1.82) is 0 Å². The molecule has 0 atom stereocenters. The third-order valence-corrected chi connectivity index (χ3v) is 3.06. The predicted molar refractivity (Wildman–Crippen MR) is 68.7 cm³/mol. The summed E-state index contributed by atoms with van der Waals surface area (Å²) in [6.45, 7) is 0. The molecule has 2 N–H and O–H groups in total. The summed E-state index contributed by atoms with van der Waals surface area (Å²) in [6.07, 6.45) is 8.61. The molecule has 9 heteroatoms. The Bertz CT molecular complexity index is 689. The van der Waals surface area contributed by atoms with E-state index in [0.29, 0.717) is 11.1 Å². The monoisotopic (exact) mass is 274 g/mol. The quantitative estimate of drug-likeness (QED) is 0.743. The summed E-state index contributed by atoms with van der Waals surface area (Å²) in [5, 5.41) is 4.60. The summed E-state index contributed by atoms with van der Waals surface area (Å²) >= 11 is 1.37. The molecule has 8 nitrogen and oxygen atoms in total. The Balaban J connectivity index is 1.94. The van der Waals surface area contributed by atoms with Gasteiger partial charge in [0.25, 0.3) is 0 Å². The number of hydrogen-bond acceptors (Lipinski definition) is 7. The molecule has 0 aliphatic carbocycles. The molecular weight excluding hydrogens is 264 g/mol. The smallest absolute Gasteiger partial charge is 0.240 e. The average Bonchev–Trinajstić information content (AvgIpc) is 3.00. The SMILES string of the molecule is Cn1cc(Sc2nc(N)nc(-n3ccnc3)n2)cn1. The van der Waals surface area contributed by atoms with E-state index in [1.54, 1.807) is 34.2 Å². The summed E-state index contributed by atoms with van der Waals surface area (Å²) in [5.74, 6) is 0.612. The van der Waals surface area contributed by atoms with Crippen LogP contribution < -0.4 is 5.73 Å². The van der Waals surface area contributed by atoms with Crippen molar-refractivity contribution < 1.29 is 0 Å². The maximum absolute atomic E-state index is 5.69. The minimum Gasteiger partial charge on any atom is -0.368 e. The normalized spacial score (nSPS) is 10.8. The van der Waals surface area contributed by atoms with Gasteiger partial charge in [0.05, 0.1) is 11.1 Å². The number of anilines is 1. The highest BCUT2D eigenvalue weighted by Gasteiger charge is 2.08. The van der Waals surface area contributed by atoms with E-state index < -0.39 is 0 Å². The molecule has 0 radical (unpaired) electrons. The number of nitrogens with zero attached hydrogens (tertiary/aromatic N) is 7. The van der Waals surface area contributed by atoms with Crippen LogP contribution in [0.15, 0.2) is 41.2 Å². The molecule has 3 heterocycles. The first-order valence-corrected chi connectivity index (χ1v) is 6.19. The standard InChI is InChI=1S/C10H10N8S/c1-17-5-7(4-13-17)19-10-15-8(11)14-9(16-10)18-3-2-12-6-18/h2-6H,1H3,(H2,11,14,15,16). The molecule has 0 bridgehead atoms. The Morgan fingerprint density at radius 2 is 2.16 bits per heavy atom. The topological polar surface area (TPSA) is 100 Å². The molecule has 3 aromatic heterocycles. The van der Waals surface area contributed by atoms with Crippen molar-refractivity contribution in [1.82, 2.24) is 34.3 Å². The molecule has 3 aromatic rings. The fraction of sp³-hybridized carbons (Fsp3) is 0.100. The van der Waals surface area contributed by atoms with Crippen LogP contribution in [0.5, 0.6) is 0 Å². The lowest BCUT2D eigenvalue weighted by Crippen LogP contribution is -2.05. The van der Waals surface area contributed by atoms with E-state index in [2.05, 4.69) is 25.0 Å². The summed E-state index contributed by atoms with van der Waals surface area (Å²) in [6, 6.07) is 0. The molecule has 3 rings (SSSR count). The number of aryl methyl sites for hydroxylation is 1. The zero-order valence-corrected chi connectivity index (χ0v) is 10.8. The lowest BCUT2D eigenvalue weighted by molar-refractivity contribution is 0.766. The molecule has 96 valence electrons. The zero-order chi connectivity index (χ0) is 13.2. The van der Waals surface area contributed by atoms with Crippen LogP contribution in [-0.2, 0) is 7.05 Å². The van der Waals surface area contributed by atoms with Crippen LogP contribution in [0, 0.1) is 0 Å². The molecule has 0 aromatic carbocycles. The van der Waals surface area contributed by atoms with E-state index in [4.69, 9.17) is 5.73 Å². The summed E-state index contributed by atoms with van der Waals surface area (Å²) < 4.78 is 3.38. The highest BCUT2D eigenvalue weighted by Crippen LogP contribution is 2.24. The van der Waals surface area contributed by atoms with Crippen LogP contribution in [0.25, 0.3) is 5.95 Å². The first-order valence-electron chi connectivity index (χ1n) is 5.37. The van der Waals surface area contributed by atoms with Gasteiger partial charge in [0.15, 0.2) is 5.16 Å². The second kappa shape index (κ2) is 4.69. The lowest BCUT2D eigenvalue weighted by Gasteiger charge is -2.03. The van der Waals surface area contributed by atoms with E-state index >= 15 is 0 Å². The van der Waals surface area contributed by atoms with Gasteiger partial charge in [-0.05, 0) is 11.8 Å². The Morgan fingerprint density at radius 1 is 1.26 bits per heavy atom. The molecule has 0 aliphatic rings. The van der Waals surface area contributed by atoms with Gasteiger partial charge in [-0.25, -0.2) is 4.98 Å². The van der Waals surface area contributed by atoms with E-state index in [1.165, 1.54) is 11.8 Å². The second-order valence-electron chi connectivity index (χ2n) is 3.70. The van der Waals surface area contributed by atoms with Crippen LogP contribution in [0.2, 0.25) is 0 Å². The molecule has 0 unspecified atom stereocenters. The molecular formula is C10H10N8S. The molecule has 19 heavy (non-hydrogen) atoms. The maximum atomic E-state index is 5.69. The van der Waals surface area contributed by atoms with Crippen LogP contribution in [0.4, 0.5) is 5.95 Å². The van der Waals surface area contributed by atoms with Crippen LogP contribution in [-0.4, -0.2) is 34.3 Å². The Hall–Kier alpha value is -2.42. The van der Waals surface area contributed by atoms with E-state index in [9.17, 15) is 0 Å². The number of rotatable bonds is 3. The van der Waals surface area contributed by atoms with E-state index in [-0.39, 0.29) is 5.95 Å². The Kier molecular flexibility index (Phi) is 2.88. The molecule has 0 aliphatic heterocycles. The van der Waals surface area contributed by atoms with Crippen molar-refractivity contribution in [3.05, 3.63) is 31.1 Å². The van der Waals surface area contributed by atoms with Crippen molar-refractivity contribution in [3.8, 4) is 5.95 Å². The zero-order valence-electron chi connectivity index (χ0n) is 10.0. The van der Waals surface area contributed by atoms with Crippen molar-refractivity contribution in [3.63, 3.8) is 0 Å². The highest BCUT2D eigenvalue weighted by molar-refractivity contribution is 7.99. The summed E-state index contributed by atoms with van der Waals surface area (Å²) in [4.78, 5) is 17.4. The maximum Gasteiger partial charge on any atom is 0.240 e. The number of nitrogen functional groups attached to an aromatic ring is 1. The van der Waals surface area contributed by atoms with Crippen molar-refractivity contribution in [2.45, 2.75) is 10.1 Å². The molecule has 0 spiro atoms. The minimum atomic E-state index is 0.171. The van der Waals surface area contributed by atoms with Gasteiger partial charge in [0, 0.05) is 25.6 Å². The number of hydrogen-bond donors (Lipinski definition) is 1. The Labute approximate surface area is 112 Å². The Morgan fingerprint density at radius 3 is 2.84 bits per heavy atom. The third kappa shape index (κ3) is 2.55. The van der Waals surface area contributed by atoms with Crippen molar-refractivity contribution >= 4 is 17.7 Å². The highest BCUT2D eigenvalue weighted by atomic mass is 32.2. The van der Waals surface area contributed by atoms with Gasteiger partial charge >= 0.3 is 0 Å². The average molecular weight is 274 g/mol. The third-order valence-electron chi connectivity index (χ3n) is 2.25. The second-order valence-corrected chi connectivity index (χ2v) is 4.74. The van der Waals surface area contributed by atoms with Gasteiger partial charge in [0.2, 0.25) is 11.9 Å². The van der Waals surface area contributed by atoms with Crippen LogP contribution in [0.3, 0.4) is 0 Å². The van der Waals surface area contributed by atoms with Crippen LogP contribution >= 0.6 is 11.8 Å². The van der Waals surface area contributed by atoms with Crippen molar-refractivity contribution in [2.75, 3.05) is 5.73 Å². The minimum absolute atomic E-state index is 0.171. The fourth-order valence-electron chi connectivity index (χ4n) is 1.46. The molecule has 0 fully saturated rings. The van der Waals surface area contributed by atoms with Crippen LogP contribution in [0.1, 0.15) is 0 Å². The molecule has 0 saturated carbocycles. The molecule has 0 amide bonds. The number of aromatic nitrogens is 7. The number of imidazole rings is 1. The van der Waals surface area contributed by atoms with Crippen molar-refractivity contribution in [2.24, 2.45) is 7.05 Å². The fourth-order valence-corrected chi connectivity index (χ4v) is 2.24. The van der Waals surface area contributed by atoms with Gasteiger partial charge in [-0.15, -0.1) is 0 Å². The van der Waals surface area contributed by atoms with Gasteiger partial charge in [-0.1, -0.05) is 0 Å². The first-order chi connectivity index (χ1) is 9.20. The van der Waals surface area contributed by atoms with Gasteiger partial charge in [-0.3, -0.25) is 9.25 Å². The first kappa shape index (κ1) is 11.7. The largest absolute Gasteiger partial charge is 0.368 e.